The molecule has 6 heteroatoms. The van der Waals surface area contributed by atoms with Crippen molar-refractivity contribution in [3.63, 3.8) is 0 Å². The number of ether oxygens (including phenoxy) is 1. The van der Waals surface area contributed by atoms with Crippen molar-refractivity contribution in [2.24, 2.45) is 0 Å². The summed E-state index contributed by atoms with van der Waals surface area (Å²) in [6.45, 7) is 0. The van der Waals surface area contributed by atoms with E-state index in [4.69, 9.17) is 4.74 Å². The lowest BCUT2D eigenvalue weighted by Gasteiger charge is -2.02. The molecule has 118 valence electrons. The van der Waals surface area contributed by atoms with Crippen LogP contribution in [0.2, 0.25) is 0 Å². The number of rotatable bonds is 3. The molecule has 0 amide bonds. The van der Waals surface area contributed by atoms with Gasteiger partial charge in [-0.1, -0.05) is 59.9 Å². The Labute approximate surface area is 141 Å². The summed E-state index contributed by atoms with van der Waals surface area (Å²) < 4.78 is 7.50. The van der Waals surface area contributed by atoms with Crippen molar-refractivity contribution in [1.82, 2.24) is 14.6 Å². The van der Waals surface area contributed by atoms with Crippen molar-refractivity contribution in [3.05, 3.63) is 75.0 Å². The first kappa shape index (κ1) is 14.6. The van der Waals surface area contributed by atoms with Crippen LogP contribution in [0.5, 0.6) is 5.75 Å². The number of fused-ring (bicyclic) bond motifs is 1. The monoisotopic (exact) mass is 335 g/mol. The third kappa shape index (κ3) is 2.37. The minimum Gasteiger partial charge on any atom is -0.496 e. The Hall–Kier alpha value is -2.99. The summed E-state index contributed by atoms with van der Waals surface area (Å²) in [6, 6.07) is 17.2. The second-order valence-corrected chi connectivity index (χ2v) is 6.17. The van der Waals surface area contributed by atoms with Gasteiger partial charge in [0, 0.05) is 11.1 Å². The molecule has 0 aliphatic heterocycles. The fourth-order valence-corrected chi connectivity index (χ4v) is 3.47. The summed E-state index contributed by atoms with van der Waals surface area (Å²) in [5, 5.41) is 8.29. The van der Waals surface area contributed by atoms with E-state index in [1.165, 1.54) is 11.3 Å². The number of hydrogen-bond acceptors (Lipinski definition) is 5. The molecule has 4 rings (SSSR count). The molecule has 0 saturated heterocycles. The van der Waals surface area contributed by atoms with Gasteiger partial charge in [0.1, 0.15) is 5.75 Å². The highest BCUT2D eigenvalue weighted by atomic mass is 32.1. The molecular weight excluding hydrogens is 322 g/mol. The lowest BCUT2D eigenvalue weighted by Crippen LogP contribution is -2.23. The number of hydrogen-bond donors (Lipinski definition) is 0. The third-order valence-corrected chi connectivity index (χ3v) is 4.67. The zero-order chi connectivity index (χ0) is 16.5. The highest BCUT2D eigenvalue weighted by Gasteiger charge is 2.14. The number of thiazole rings is 1. The number of para-hydroxylation sites is 1. The van der Waals surface area contributed by atoms with Gasteiger partial charge in [-0.15, -0.1) is 10.2 Å². The maximum Gasteiger partial charge on any atom is 0.276 e. The highest BCUT2D eigenvalue weighted by Crippen LogP contribution is 2.19. The Morgan fingerprint density at radius 2 is 1.79 bits per heavy atom. The fraction of sp³-hybridized carbons (Fsp3) is 0.0556. The van der Waals surface area contributed by atoms with Crippen molar-refractivity contribution in [2.45, 2.75) is 0 Å². The summed E-state index contributed by atoms with van der Waals surface area (Å²) >= 11 is 1.32. The maximum absolute atomic E-state index is 12.8. The molecule has 2 aromatic heterocycles. The van der Waals surface area contributed by atoms with Crippen molar-refractivity contribution in [2.75, 3.05) is 7.11 Å². The first-order valence-electron chi connectivity index (χ1n) is 7.36. The zero-order valence-corrected chi connectivity index (χ0v) is 13.7. The van der Waals surface area contributed by atoms with E-state index >= 15 is 0 Å². The highest BCUT2D eigenvalue weighted by molar-refractivity contribution is 7.15. The molecule has 0 atom stereocenters. The standard InChI is InChI=1S/C18H13N3O2S/c1-23-14-10-6-5-9-13(14)11-15-17(22)21-16(19-20-18(21)24-15)12-7-3-2-4-8-12/h2-11H,1H3/b15-11-. The molecule has 0 saturated carbocycles. The first-order valence-corrected chi connectivity index (χ1v) is 8.17. The second kappa shape index (κ2) is 5.90. The molecule has 5 nitrogen and oxygen atoms in total. The summed E-state index contributed by atoms with van der Waals surface area (Å²) in [5.41, 5.74) is 1.60. The Morgan fingerprint density at radius 3 is 2.58 bits per heavy atom. The van der Waals surface area contributed by atoms with Crippen LogP contribution in [0.25, 0.3) is 22.4 Å². The van der Waals surface area contributed by atoms with Gasteiger partial charge in [0.15, 0.2) is 5.82 Å². The van der Waals surface area contributed by atoms with E-state index in [-0.39, 0.29) is 5.56 Å². The van der Waals surface area contributed by atoms with E-state index in [1.807, 2.05) is 60.7 Å². The van der Waals surface area contributed by atoms with Crippen LogP contribution in [0, 0.1) is 0 Å². The molecule has 0 fully saturated rings. The Bertz CT molecular complexity index is 1120. The average molecular weight is 335 g/mol. The van der Waals surface area contributed by atoms with E-state index in [9.17, 15) is 4.79 Å². The van der Waals surface area contributed by atoms with Gasteiger partial charge in [0.25, 0.3) is 5.56 Å². The van der Waals surface area contributed by atoms with Gasteiger partial charge in [0.05, 0.1) is 11.6 Å². The second-order valence-electron chi connectivity index (χ2n) is 5.17. The summed E-state index contributed by atoms with van der Waals surface area (Å²) in [5.74, 6) is 1.29. The van der Waals surface area contributed by atoms with Crippen LogP contribution in [0.4, 0.5) is 0 Å². The predicted octanol–water partition coefficient (Wildman–Crippen LogP) is 2.37. The smallest absolute Gasteiger partial charge is 0.276 e. The molecule has 0 spiro atoms. The third-order valence-electron chi connectivity index (χ3n) is 3.71. The van der Waals surface area contributed by atoms with Crippen LogP contribution in [-0.2, 0) is 0 Å². The van der Waals surface area contributed by atoms with Crippen molar-refractivity contribution < 1.29 is 4.74 Å². The van der Waals surface area contributed by atoms with Crippen molar-refractivity contribution in [3.8, 4) is 17.1 Å². The van der Waals surface area contributed by atoms with Crippen LogP contribution in [-0.4, -0.2) is 21.7 Å². The zero-order valence-electron chi connectivity index (χ0n) is 12.8. The van der Waals surface area contributed by atoms with Gasteiger partial charge in [-0.25, -0.2) is 4.40 Å². The predicted molar refractivity (Wildman–Crippen MR) is 94.3 cm³/mol. The largest absolute Gasteiger partial charge is 0.496 e. The number of aromatic nitrogens is 3. The van der Waals surface area contributed by atoms with Crippen LogP contribution in [0.1, 0.15) is 5.56 Å². The SMILES string of the molecule is COc1ccccc1/C=c1\sc2nnc(-c3ccccc3)n2c1=O. The van der Waals surface area contributed by atoms with Crippen molar-refractivity contribution >= 4 is 22.4 Å². The van der Waals surface area contributed by atoms with Crippen LogP contribution in [0.3, 0.4) is 0 Å². The lowest BCUT2D eigenvalue weighted by atomic mass is 10.2. The van der Waals surface area contributed by atoms with Crippen LogP contribution >= 0.6 is 11.3 Å². The topological polar surface area (TPSA) is 56.5 Å². The van der Waals surface area contributed by atoms with Gasteiger partial charge in [0.2, 0.25) is 4.96 Å². The molecule has 0 bridgehead atoms. The molecule has 0 N–H and O–H groups in total. The molecular formula is C18H13N3O2S. The Morgan fingerprint density at radius 1 is 1.04 bits per heavy atom. The van der Waals surface area contributed by atoms with Gasteiger partial charge < -0.3 is 4.74 Å². The summed E-state index contributed by atoms with van der Waals surface area (Å²) in [6.07, 6.45) is 1.83. The Kier molecular flexibility index (Phi) is 3.59. The van der Waals surface area contributed by atoms with Gasteiger partial charge >= 0.3 is 0 Å². The quantitative estimate of drug-likeness (QED) is 0.577. The van der Waals surface area contributed by atoms with E-state index in [0.717, 1.165) is 16.9 Å². The average Bonchev–Trinajstić information content (AvgIpc) is 3.17. The normalized spacial score (nSPS) is 12.0. The van der Waals surface area contributed by atoms with E-state index in [1.54, 1.807) is 11.5 Å². The number of benzene rings is 2. The molecule has 2 heterocycles. The molecule has 0 aliphatic carbocycles. The molecule has 2 aromatic carbocycles. The molecule has 24 heavy (non-hydrogen) atoms. The first-order chi connectivity index (χ1) is 11.8. The summed E-state index contributed by atoms with van der Waals surface area (Å²) in [7, 11) is 1.61. The van der Waals surface area contributed by atoms with Crippen molar-refractivity contribution in [1.29, 1.82) is 0 Å². The molecule has 0 unspecified atom stereocenters. The van der Waals surface area contributed by atoms with Crippen LogP contribution in [0.15, 0.2) is 59.4 Å². The maximum atomic E-state index is 12.8. The lowest BCUT2D eigenvalue weighted by molar-refractivity contribution is 0.414. The fourth-order valence-electron chi connectivity index (χ4n) is 2.56. The van der Waals surface area contributed by atoms with E-state index in [2.05, 4.69) is 10.2 Å². The van der Waals surface area contributed by atoms with E-state index in [0.29, 0.717) is 15.3 Å². The molecule has 0 radical (unpaired) electrons. The van der Waals surface area contributed by atoms with Gasteiger partial charge in [-0.05, 0) is 12.1 Å². The number of nitrogens with zero attached hydrogens (tertiary/aromatic N) is 3. The summed E-state index contributed by atoms with van der Waals surface area (Å²) in [4.78, 5) is 13.4. The molecule has 0 aliphatic rings. The minimum absolute atomic E-state index is 0.121. The minimum atomic E-state index is -0.121. The number of methoxy groups -OCH3 is 1. The van der Waals surface area contributed by atoms with Gasteiger partial charge in [-0.3, -0.25) is 4.79 Å². The van der Waals surface area contributed by atoms with Crippen LogP contribution < -0.4 is 14.8 Å². The van der Waals surface area contributed by atoms with E-state index < -0.39 is 0 Å². The van der Waals surface area contributed by atoms with Gasteiger partial charge in [-0.2, -0.15) is 0 Å². The Balaban J connectivity index is 1.93. The molecule has 4 aromatic rings.